The summed E-state index contributed by atoms with van der Waals surface area (Å²) >= 11 is 0. The number of rotatable bonds is 6. The molecule has 0 saturated heterocycles. The molecule has 0 aliphatic rings. The van der Waals surface area contributed by atoms with Gasteiger partial charge in [0.2, 0.25) is 0 Å². The Morgan fingerprint density at radius 2 is 1.71 bits per heavy atom. The van der Waals surface area contributed by atoms with E-state index in [4.69, 9.17) is 5.73 Å². The van der Waals surface area contributed by atoms with Crippen molar-refractivity contribution in [2.24, 2.45) is 11.1 Å². The maximum absolute atomic E-state index is 12.9. The molecular formula is C14H20F3NO2S. The first-order valence-corrected chi connectivity index (χ1v) is 8.24. The number of alkyl halides is 3. The SMILES string of the molecule is CC(C)(CN)CCCS(=O)(=O)c1ccccc1C(F)(F)F. The first kappa shape index (κ1) is 18.0. The van der Waals surface area contributed by atoms with Crippen molar-refractivity contribution in [1.82, 2.24) is 0 Å². The maximum atomic E-state index is 12.9. The van der Waals surface area contributed by atoms with Crippen LogP contribution in [0.3, 0.4) is 0 Å². The fourth-order valence-electron chi connectivity index (χ4n) is 1.92. The lowest BCUT2D eigenvalue weighted by Crippen LogP contribution is -2.24. The molecule has 0 aliphatic carbocycles. The molecule has 0 aliphatic heterocycles. The third kappa shape index (κ3) is 5.00. The van der Waals surface area contributed by atoms with Crippen molar-refractivity contribution < 1.29 is 21.6 Å². The minimum atomic E-state index is -4.68. The van der Waals surface area contributed by atoms with Gasteiger partial charge in [-0.3, -0.25) is 0 Å². The highest BCUT2D eigenvalue weighted by Gasteiger charge is 2.36. The second-order valence-electron chi connectivity index (χ2n) is 5.78. The largest absolute Gasteiger partial charge is 0.417 e. The summed E-state index contributed by atoms with van der Waals surface area (Å²) in [7, 11) is -3.97. The van der Waals surface area contributed by atoms with E-state index in [9.17, 15) is 21.6 Å². The maximum Gasteiger partial charge on any atom is 0.417 e. The van der Waals surface area contributed by atoms with Crippen LogP contribution in [-0.2, 0) is 16.0 Å². The Bertz CT molecular complexity index is 580. The average molecular weight is 323 g/mol. The molecule has 120 valence electrons. The molecule has 3 nitrogen and oxygen atoms in total. The van der Waals surface area contributed by atoms with Crippen LogP contribution >= 0.6 is 0 Å². The highest BCUT2D eigenvalue weighted by molar-refractivity contribution is 7.91. The van der Waals surface area contributed by atoms with Gasteiger partial charge >= 0.3 is 6.18 Å². The van der Waals surface area contributed by atoms with E-state index < -0.39 is 26.5 Å². The van der Waals surface area contributed by atoms with Crippen molar-refractivity contribution >= 4 is 9.84 Å². The zero-order chi connectivity index (χ0) is 16.3. The summed E-state index contributed by atoms with van der Waals surface area (Å²) < 4.78 is 62.9. The summed E-state index contributed by atoms with van der Waals surface area (Å²) in [6.45, 7) is 4.18. The van der Waals surface area contributed by atoms with Gasteiger partial charge in [0.05, 0.1) is 16.2 Å². The van der Waals surface area contributed by atoms with E-state index in [0.29, 0.717) is 13.0 Å². The quantitative estimate of drug-likeness (QED) is 0.874. The van der Waals surface area contributed by atoms with E-state index in [1.807, 2.05) is 13.8 Å². The molecule has 0 amide bonds. The summed E-state index contributed by atoms with van der Waals surface area (Å²) in [6.07, 6.45) is -3.87. The number of benzene rings is 1. The van der Waals surface area contributed by atoms with Crippen molar-refractivity contribution in [2.45, 2.75) is 37.8 Å². The van der Waals surface area contributed by atoms with Gasteiger partial charge in [-0.1, -0.05) is 26.0 Å². The molecule has 0 spiro atoms. The lowest BCUT2D eigenvalue weighted by atomic mass is 9.88. The van der Waals surface area contributed by atoms with Crippen LogP contribution in [0.5, 0.6) is 0 Å². The van der Waals surface area contributed by atoms with E-state index in [0.717, 1.165) is 12.1 Å². The van der Waals surface area contributed by atoms with Gasteiger partial charge in [-0.15, -0.1) is 0 Å². The Morgan fingerprint density at radius 1 is 1.14 bits per heavy atom. The third-order valence-corrected chi connectivity index (χ3v) is 5.20. The second-order valence-corrected chi connectivity index (χ2v) is 7.86. The van der Waals surface area contributed by atoms with Crippen LogP contribution < -0.4 is 5.73 Å². The van der Waals surface area contributed by atoms with Crippen molar-refractivity contribution in [1.29, 1.82) is 0 Å². The number of hydrogen-bond acceptors (Lipinski definition) is 3. The smallest absolute Gasteiger partial charge is 0.330 e. The predicted octanol–water partition coefficient (Wildman–Crippen LogP) is 3.24. The molecule has 1 aromatic rings. The predicted molar refractivity (Wildman–Crippen MR) is 75.6 cm³/mol. The molecule has 0 bridgehead atoms. The van der Waals surface area contributed by atoms with Gasteiger partial charge in [0, 0.05) is 0 Å². The lowest BCUT2D eigenvalue weighted by Gasteiger charge is -2.22. The molecule has 0 aromatic heterocycles. The van der Waals surface area contributed by atoms with Crippen LogP contribution in [-0.4, -0.2) is 20.7 Å². The molecule has 0 fully saturated rings. The van der Waals surface area contributed by atoms with Gasteiger partial charge in [0.25, 0.3) is 0 Å². The highest BCUT2D eigenvalue weighted by atomic mass is 32.2. The van der Waals surface area contributed by atoms with Crippen molar-refractivity contribution in [3.8, 4) is 0 Å². The van der Waals surface area contributed by atoms with Crippen molar-refractivity contribution in [3.63, 3.8) is 0 Å². The highest BCUT2D eigenvalue weighted by Crippen LogP contribution is 2.34. The normalized spacial score (nSPS) is 13.4. The Hall–Kier alpha value is -1.08. The molecule has 7 heteroatoms. The fraction of sp³-hybridized carbons (Fsp3) is 0.571. The van der Waals surface area contributed by atoms with Gasteiger partial charge < -0.3 is 5.73 Å². The van der Waals surface area contributed by atoms with E-state index in [-0.39, 0.29) is 17.6 Å². The first-order valence-electron chi connectivity index (χ1n) is 6.59. The molecule has 0 atom stereocenters. The van der Waals surface area contributed by atoms with Crippen LogP contribution in [0.2, 0.25) is 0 Å². The first-order chi connectivity index (χ1) is 9.49. The van der Waals surface area contributed by atoms with Crippen LogP contribution in [0.4, 0.5) is 13.2 Å². The van der Waals surface area contributed by atoms with Crippen LogP contribution in [0.25, 0.3) is 0 Å². The molecule has 0 unspecified atom stereocenters. The lowest BCUT2D eigenvalue weighted by molar-refractivity contribution is -0.139. The van der Waals surface area contributed by atoms with E-state index in [2.05, 4.69) is 0 Å². The summed E-state index contributed by atoms with van der Waals surface area (Å²) in [5.41, 5.74) is 4.22. The summed E-state index contributed by atoms with van der Waals surface area (Å²) in [5.74, 6) is -0.316. The number of sulfone groups is 1. The van der Waals surface area contributed by atoms with Gasteiger partial charge in [-0.05, 0) is 36.9 Å². The van der Waals surface area contributed by atoms with Crippen molar-refractivity contribution in [3.05, 3.63) is 29.8 Å². The molecule has 1 aromatic carbocycles. The zero-order valence-corrected chi connectivity index (χ0v) is 12.9. The average Bonchev–Trinajstić information content (AvgIpc) is 2.37. The zero-order valence-electron chi connectivity index (χ0n) is 12.1. The minimum Gasteiger partial charge on any atom is -0.330 e. The Labute approximate surface area is 123 Å². The van der Waals surface area contributed by atoms with Crippen LogP contribution in [0.1, 0.15) is 32.3 Å². The Morgan fingerprint density at radius 3 is 2.24 bits per heavy atom. The van der Waals surface area contributed by atoms with E-state index in [1.54, 1.807) is 0 Å². The van der Waals surface area contributed by atoms with Gasteiger partial charge in [0.15, 0.2) is 9.84 Å². The Balaban J connectivity index is 2.95. The third-order valence-electron chi connectivity index (χ3n) is 3.35. The molecular weight excluding hydrogens is 303 g/mol. The topological polar surface area (TPSA) is 60.2 Å². The number of halogens is 3. The van der Waals surface area contributed by atoms with E-state index in [1.165, 1.54) is 12.1 Å². The molecule has 1 rings (SSSR count). The molecule has 21 heavy (non-hydrogen) atoms. The second kappa shape index (κ2) is 6.36. The van der Waals surface area contributed by atoms with Gasteiger partial charge in [-0.25, -0.2) is 8.42 Å². The number of hydrogen-bond donors (Lipinski definition) is 1. The van der Waals surface area contributed by atoms with E-state index >= 15 is 0 Å². The summed E-state index contributed by atoms with van der Waals surface area (Å²) in [4.78, 5) is -0.650. The Kier molecular flexibility index (Phi) is 5.44. The van der Waals surface area contributed by atoms with Crippen molar-refractivity contribution in [2.75, 3.05) is 12.3 Å². The molecule has 0 radical (unpaired) electrons. The van der Waals surface area contributed by atoms with Gasteiger partial charge in [0.1, 0.15) is 0 Å². The monoisotopic (exact) mass is 323 g/mol. The van der Waals surface area contributed by atoms with Crippen LogP contribution in [0.15, 0.2) is 29.2 Å². The molecule has 0 heterocycles. The minimum absolute atomic E-state index is 0.223. The standard InChI is InChI=1S/C14H20F3NO2S/c1-13(2,10-18)8-5-9-21(19,20)12-7-4-3-6-11(12)14(15,16)17/h3-4,6-7H,5,8-10,18H2,1-2H3. The number of nitrogens with two attached hydrogens (primary N) is 1. The fourth-order valence-corrected chi connectivity index (χ4v) is 3.47. The van der Waals surface area contributed by atoms with Gasteiger partial charge in [-0.2, -0.15) is 13.2 Å². The summed E-state index contributed by atoms with van der Waals surface area (Å²) in [6, 6.07) is 4.27. The molecule has 2 N–H and O–H groups in total. The van der Waals surface area contributed by atoms with Crippen LogP contribution in [0, 0.1) is 5.41 Å². The molecule has 0 saturated carbocycles. The summed E-state index contributed by atoms with van der Waals surface area (Å²) in [5, 5.41) is 0.